The van der Waals surface area contributed by atoms with Crippen LogP contribution in [0, 0.1) is 0 Å². The van der Waals surface area contributed by atoms with Crippen LogP contribution in [0.4, 0.5) is 0 Å². The highest BCUT2D eigenvalue weighted by Gasteiger charge is 2.17. The average molecular weight is 254 g/mol. The van der Waals surface area contributed by atoms with Crippen LogP contribution < -0.4 is 4.74 Å². The van der Waals surface area contributed by atoms with E-state index in [2.05, 4.69) is 0 Å². The van der Waals surface area contributed by atoms with Gasteiger partial charge in [-0.3, -0.25) is 4.57 Å². The normalized spacial score (nSPS) is 18.2. The third-order valence-corrected chi connectivity index (χ3v) is 3.85. The molecule has 0 aromatic heterocycles. The van der Waals surface area contributed by atoms with Gasteiger partial charge in [0, 0.05) is 6.16 Å². The maximum atomic E-state index is 10.8. The summed E-state index contributed by atoms with van der Waals surface area (Å²) in [4.78, 5) is 8.89. The average Bonchev–Trinajstić information content (AvgIpc) is 2.80. The van der Waals surface area contributed by atoms with E-state index in [1.807, 2.05) is 24.3 Å². The first-order valence-corrected chi connectivity index (χ1v) is 7.78. The van der Waals surface area contributed by atoms with Crippen LogP contribution in [0.1, 0.15) is 31.2 Å². The Morgan fingerprint density at radius 2 is 2.00 bits per heavy atom. The molecule has 0 heterocycles. The highest BCUT2D eigenvalue weighted by atomic mass is 31.1. The molecule has 3 nitrogen and oxygen atoms in total. The van der Waals surface area contributed by atoms with Gasteiger partial charge in [0.1, 0.15) is 5.75 Å². The molecule has 0 bridgehead atoms. The molecular formula is C13H19O3P. The van der Waals surface area contributed by atoms with E-state index < -0.39 is 8.03 Å². The first-order chi connectivity index (χ1) is 8.25. The van der Waals surface area contributed by atoms with E-state index in [1.54, 1.807) is 0 Å². The second-order valence-corrected chi connectivity index (χ2v) is 5.81. The van der Waals surface area contributed by atoms with Gasteiger partial charge in [0.25, 0.3) is 0 Å². The molecular weight excluding hydrogens is 235 g/mol. The van der Waals surface area contributed by atoms with Crippen LogP contribution in [0.25, 0.3) is 0 Å². The van der Waals surface area contributed by atoms with Crippen molar-refractivity contribution in [2.24, 2.45) is 0 Å². The van der Waals surface area contributed by atoms with Crippen molar-refractivity contribution in [3.8, 4) is 5.75 Å². The molecule has 0 amide bonds. The zero-order valence-corrected chi connectivity index (χ0v) is 10.9. The molecule has 1 aromatic rings. The lowest BCUT2D eigenvalue weighted by molar-refractivity contribution is 0.208. The van der Waals surface area contributed by atoms with Crippen molar-refractivity contribution in [3.05, 3.63) is 29.8 Å². The van der Waals surface area contributed by atoms with Gasteiger partial charge in [-0.1, -0.05) is 18.2 Å². The van der Waals surface area contributed by atoms with Crippen LogP contribution >= 0.6 is 8.03 Å². The molecule has 1 atom stereocenters. The van der Waals surface area contributed by atoms with E-state index in [0.717, 1.165) is 24.2 Å². The maximum absolute atomic E-state index is 10.8. The SMILES string of the molecule is O=[PH](O)CCc1ccccc1OC1CCCC1. The standard InChI is InChI=1S/C13H19O3P/c14-17(15)10-9-11-5-1-4-8-13(11)16-12-6-2-3-7-12/h1,4-5,8,12,17H,2-3,6-7,9-10H2,(H,14,15). The molecule has 0 saturated heterocycles. The van der Waals surface area contributed by atoms with Crippen molar-refractivity contribution in [3.63, 3.8) is 0 Å². The summed E-state index contributed by atoms with van der Waals surface area (Å²) in [5.41, 5.74) is 1.05. The van der Waals surface area contributed by atoms with Crippen LogP contribution in [0.5, 0.6) is 5.75 Å². The van der Waals surface area contributed by atoms with Gasteiger partial charge in [0.2, 0.25) is 0 Å². The lowest BCUT2D eigenvalue weighted by atomic mass is 10.1. The van der Waals surface area contributed by atoms with Crippen LogP contribution in [-0.2, 0) is 11.0 Å². The molecule has 0 spiro atoms. The van der Waals surface area contributed by atoms with Crippen molar-refractivity contribution in [1.82, 2.24) is 0 Å². The van der Waals surface area contributed by atoms with Crippen molar-refractivity contribution < 1.29 is 14.2 Å². The molecule has 1 aromatic carbocycles. The minimum Gasteiger partial charge on any atom is -0.490 e. The molecule has 0 radical (unpaired) electrons. The van der Waals surface area contributed by atoms with Crippen molar-refractivity contribution in [1.29, 1.82) is 0 Å². The summed E-state index contributed by atoms with van der Waals surface area (Å²) in [6, 6.07) is 7.85. The fraction of sp³-hybridized carbons (Fsp3) is 0.538. The molecule has 94 valence electrons. The zero-order chi connectivity index (χ0) is 12.1. The van der Waals surface area contributed by atoms with E-state index in [9.17, 15) is 4.57 Å². The number of ether oxygens (including phenoxy) is 1. The zero-order valence-electron chi connectivity index (χ0n) is 9.89. The number of hydrogen-bond acceptors (Lipinski definition) is 2. The second-order valence-electron chi connectivity index (χ2n) is 4.53. The predicted octanol–water partition coefficient (Wildman–Crippen LogP) is 3.02. The topological polar surface area (TPSA) is 46.5 Å². The van der Waals surface area contributed by atoms with Crippen LogP contribution in [0.15, 0.2) is 24.3 Å². The van der Waals surface area contributed by atoms with Crippen molar-refractivity contribution in [2.75, 3.05) is 6.16 Å². The van der Waals surface area contributed by atoms with E-state index in [-0.39, 0.29) is 0 Å². The van der Waals surface area contributed by atoms with Gasteiger partial charge in [0.05, 0.1) is 6.10 Å². The molecule has 1 fully saturated rings. The molecule has 1 aliphatic carbocycles. The minimum atomic E-state index is -2.38. The Balaban J connectivity index is 2.01. The molecule has 1 saturated carbocycles. The van der Waals surface area contributed by atoms with E-state index >= 15 is 0 Å². The molecule has 4 heteroatoms. The predicted molar refractivity (Wildman–Crippen MR) is 69.1 cm³/mol. The Labute approximate surface area is 103 Å². The fourth-order valence-corrected chi connectivity index (χ4v) is 2.74. The molecule has 1 N–H and O–H groups in total. The van der Waals surface area contributed by atoms with Gasteiger partial charge in [-0.25, -0.2) is 0 Å². The Hall–Kier alpha value is -0.790. The van der Waals surface area contributed by atoms with Gasteiger partial charge >= 0.3 is 0 Å². The lowest BCUT2D eigenvalue weighted by Gasteiger charge is -2.16. The fourth-order valence-electron chi connectivity index (χ4n) is 2.25. The van der Waals surface area contributed by atoms with Gasteiger partial charge in [-0.15, -0.1) is 0 Å². The number of hydrogen-bond donors (Lipinski definition) is 1. The molecule has 17 heavy (non-hydrogen) atoms. The third-order valence-electron chi connectivity index (χ3n) is 3.18. The van der Waals surface area contributed by atoms with Crippen LogP contribution in [-0.4, -0.2) is 17.2 Å². The highest BCUT2D eigenvalue weighted by Crippen LogP contribution is 2.28. The van der Waals surface area contributed by atoms with E-state index in [4.69, 9.17) is 9.63 Å². The monoisotopic (exact) mass is 254 g/mol. The van der Waals surface area contributed by atoms with E-state index in [1.165, 1.54) is 12.8 Å². The molecule has 1 unspecified atom stereocenters. The van der Waals surface area contributed by atoms with Crippen molar-refractivity contribution in [2.45, 2.75) is 38.2 Å². The van der Waals surface area contributed by atoms with Gasteiger partial charge in [0.15, 0.2) is 8.03 Å². The maximum Gasteiger partial charge on any atom is 0.189 e. The van der Waals surface area contributed by atoms with Gasteiger partial charge in [-0.05, 0) is 43.7 Å². The Bertz CT molecular complexity index is 386. The molecule has 0 aliphatic heterocycles. The Morgan fingerprint density at radius 1 is 1.29 bits per heavy atom. The summed E-state index contributed by atoms with van der Waals surface area (Å²) >= 11 is 0. The second kappa shape index (κ2) is 6.23. The first kappa shape index (κ1) is 12.7. The summed E-state index contributed by atoms with van der Waals surface area (Å²) in [7, 11) is -2.38. The van der Waals surface area contributed by atoms with Gasteiger partial charge < -0.3 is 9.63 Å². The molecule has 1 aliphatic rings. The van der Waals surface area contributed by atoms with E-state index in [0.29, 0.717) is 18.7 Å². The van der Waals surface area contributed by atoms with Gasteiger partial charge in [-0.2, -0.15) is 0 Å². The highest BCUT2D eigenvalue weighted by molar-refractivity contribution is 7.37. The summed E-state index contributed by atoms with van der Waals surface area (Å²) in [5.74, 6) is 0.891. The first-order valence-electron chi connectivity index (χ1n) is 6.22. The Morgan fingerprint density at radius 3 is 2.71 bits per heavy atom. The quantitative estimate of drug-likeness (QED) is 0.821. The smallest absolute Gasteiger partial charge is 0.189 e. The summed E-state index contributed by atoms with van der Waals surface area (Å²) in [6.45, 7) is 0. The summed E-state index contributed by atoms with van der Waals surface area (Å²) < 4.78 is 16.7. The summed E-state index contributed by atoms with van der Waals surface area (Å²) in [5, 5.41) is 0. The number of aryl methyl sites for hydroxylation is 1. The Kier molecular flexibility index (Phi) is 4.64. The molecule has 2 rings (SSSR count). The largest absolute Gasteiger partial charge is 0.490 e. The number of para-hydroxylation sites is 1. The number of rotatable bonds is 5. The van der Waals surface area contributed by atoms with Crippen LogP contribution in [0.2, 0.25) is 0 Å². The minimum absolute atomic E-state index is 0.335. The number of benzene rings is 1. The van der Waals surface area contributed by atoms with Crippen LogP contribution in [0.3, 0.4) is 0 Å². The summed E-state index contributed by atoms with van der Waals surface area (Å²) in [6.07, 6.45) is 6.05. The van der Waals surface area contributed by atoms with Crippen molar-refractivity contribution >= 4 is 8.03 Å². The lowest BCUT2D eigenvalue weighted by Crippen LogP contribution is -2.12. The third kappa shape index (κ3) is 3.86.